The van der Waals surface area contributed by atoms with Gasteiger partial charge in [0.25, 0.3) is 0 Å². The van der Waals surface area contributed by atoms with Crippen molar-refractivity contribution in [2.75, 3.05) is 19.6 Å². The molecule has 0 amide bonds. The predicted molar refractivity (Wildman–Crippen MR) is 84.4 cm³/mol. The first-order valence-electron chi connectivity index (χ1n) is 8.40. The van der Waals surface area contributed by atoms with Crippen molar-refractivity contribution in [3.63, 3.8) is 0 Å². The number of aliphatic hydroxyl groups excluding tert-OH is 1. The molecule has 1 unspecified atom stereocenters. The highest BCUT2D eigenvalue weighted by Gasteiger charge is 2.02. The molecule has 1 atom stereocenters. The third-order valence-electron chi connectivity index (χ3n) is 3.59. The van der Waals surface area contributed by atoms with Gasteiger partial charge in [-0.25, -0.2) is 0 Å². The van der Waals surface area contributed by atoms with E-state index in [2.05, 4.69) is 12.2 Å². The lowest BCUT2D eigenvalue weighted by molar-refractivity contribution is 0.158. The number of nitrogens with one attached hydrogen (secondary N) is 1. The van der Waals surface area contributed by atoms with Crippen molar-refractivity contribution in [3.8, 4) is 0 Å². The van der Waals surface area contributed by atoms with Crippen LogP contribution in [0.4, 0.5) is 0 Å². The topological polar surface area (TPSA) is 58.3 Å². The Morgan fingerprint density at radius 2 is 1.42 bits per heavy atom. The molecule has 0 saturated heterocycles. The average molecular weight is 272 g/mol. The number of rotatable bonds is 15. The van der Waals surface area contributed by atoms with Crippen LogP contribution in [0.1, 0.15) is 77.6 Å². The maximum atomic E-state index is 9.70. The number of unbranched alkanes of at least 4 members (excludes halogenated alkanes) is 9. The molecule has 0 aromatic carbocycles. The summed E-state index contributed by atoms with van der Waals surface area (Å²) in [5, 5.41) is 12.8. The van der Waals surface area contributed by atoms with Crippen LogP contribution in [0, 0.1) is 0 Å². The Kier molecular flexibility index (Phi) is 15.8. The van der Waals surface area contributed by atoms with Crippen LogP contribution in [0.25, 0.3) is 0 Å². The SMILES string of the molecule is CCCCCCCCCCCCC(O)CNCCN. The van der Waals surface area contributed by atoms with Gasteiger partial charge in [-0.2, -0.15) is 0 Å². The standard InChI is InChI=1S/C16H36N2O/c1-2-3-4-5-6-7-8-9-10-11-12-16(19)15-18-14-13-17/h16,18-19H,2-15,17H2,1H3. The first kappa shape index (κ1) is 18.9. The number of nitrogens with two attached hydrogens (primary N) is 1. The minimum atomic E-state index is -0.194. The van der Waals surface area contributed by atoms with E-state index in [0.717, 1.165) is 19.4 Å². The molecule has 0 bridgehead atoms. The smallest absolute Gasteiger partial charge is 0.0664 e. The second-order valence-electron chi connectivity index (χ2n) is 5.62. The zero-order valence-corrected chi connectivity index (χ0v) is 13.0. The normalized spacial score (nSPS) is 12.8. The number of hydrogen-bond acceptors (Lipinski definition) is 3. The number of aliphatic hydroxyl groups is 1. The molecule has 0 aromatic rings. The Hall–Kier alpha value is -0.120. The molecule has 3 nitrogen and oxygen atoms in total. The average Bonchev–Trinajstić information content (AvgIpc) is 2.41. The lowest BCUT2D eigenvalue weighted by atomic mass is 10.0. The molecule has 0 heterocycles. The Bertz CT molecular complexity index is 165. The fourth-order valence-electron chi connectivity index (χ4n) is 2.34. The van der Waals surface area contributed by atoms with Crippen molar-refractivity contribution in [1.29, 1.82) is 0 Å². The van der Waals surface area contributed by atoms with E-state index < -0.39 is 0 Å². The molecular weight excluding hydrogens is 236 g/mol. The molecule has 0 spiro atoms. The molecule has 0 fully saturated rings. The molecule has 0 aliphatic heterocycles. The van der Waals surface area contributed by atoms with Crippen LogP contribution in [0.15, 0.2) is 0 Å². The van der Waals surface area contributed by atoms with E-state index in [1.165, 1.54) is 57.8 Å². The van der Waals surface area contributed by atoms with E-state index >= 15 is 0 Å². The van der Waals surface area contributed by atoms with Gasteiger partial charge in [0.05, 0.1) is 6.10 Å². The summed E-state index contributed by atoms with van der Waals surface area (Å²) in [6.07, 6.45) is 14.2. The van der Waals surface area contributed by atoms with Gasteiger partial charge < -0.3 is 16.2 Å². The molecule has 4 N–H and O–H groups in total. The minimum Gasteiger partial charge on any atom is -0.392 e. The summed E-state index contributed by atoms with van der Waals surface area (Å²) >= 11 is 0. The summed E-state index contributed by atoms with van der Waals surface area (Å²) in [5.41, 5.74) is 5.38. The van der Waals surface area contributed by atoms with Crippen LogP contribution in [-0.4, -0.2) is 30.8 Å². The largest absolute Gasteiger partial charge is 0.392 e. The molecule has 3 heteroatoms. The van der Waals surface area contributed by atoms with Crippen molar-refractivity contribution < 1.29 is 5.11 Å². The fourth-order valence-corrected chi connectivity index (χ4v) is 2.34. The van der Waals surface area contributed by atoms with E-state index in [9.17, 15) is 5.11 Å². The molecule has 0 saturated carbocycles. The maximum absolute atomic E-state index is 9.70. The minimum absolute atomic E-state index is 0.194. The zero-order chi connectivity index (χ0) is 14.2. The van der Waals surface area contributed by atoms with Crippen LogP contribution in [-0.2, 0) is 0 Å². The summed E-state index contributed by atoms with van der Waals surface area (Å²) < 4.78 is 0. The van der Waals surface area contributed by atoms with E-state index in [-0.39, 0.29) is 6.10 Å². The van der Waals surface area contributed by atoms with Crippen LogP contribution >= 0.6 is 0 Å². The molecule has 0 radical (unpaired) electrons. The Morgan fingerprint density at radius 1 is 0.895 bits per heavy atom. The summed E-state index contributed by atoms with van der Waals surface area (Å²) in [7, 11) is 0. The highest BCUT2D eigenvalue weighted by molar-refractivity contribution is 4.60. The second kappa shape index (κ2) is 15.9. The van der Waals surface area contributed by atoms with Crippen LogP contribution in [0.5, 0.6) is 0 Å². The predicted octanol–water partition coefficient (Wildman–Crippen LogP) is 3.21. The lowest BCUT2D eigenvalue weighted by Crippen LogP contribution is -2.30. The van der Waals surface area contributed by atoms with Crippen LogP contribution < -0.4 is 11.1 Å². The molecule has 0 rings (SSSR count). The number of hydrogen-bond donors (Lipinski definition) is 3. The molecule has 0 aliphatic carbocycles. The van der Waals surface area contributed by atoms with Crippen molar-refractivity contribution in [3.05, 3.63) is 0 Å². The zero-order valence-electron chi connectivity index (χ0n) is 13.0. The summed E-state index contributed by atoms with van der Waals surface area (Å²) in [6.45, 7) is 4.40. The van der Waals surface area contributed by atoms with Crippen LogP contribution in [0.3, 0.4) is 0 Å². The van der Waals surface area contributed by atoms with Gasteiger partial charge in [0, 0.05) is 19.6 Å². The van der Waals surface area contributed by atoms with E-state index in [0.29, 0.717) is 13.1 Å². The van der Waals surface area contributed by atoms with E-state index in [1.807, 2.05) is 0 Å². The fraction of sp³-hybridized carbons (Fsp3) is 1.00. The van der Waals surface area contributed by atoms with Crippen molar-refractivity contribution in [2.24, 2.45) is 5.73 Å². The molecule has 0 aliphatic rings. The first-order chi connectivity index (χ1) is 9.31. The van der Waals surface area contributed by atoms with Gasteiger partial charge >= 0.3 is 0 Å². The third-order valence-corrected chi connectivity index (χ3v) is 3.59. The van der Waals surface area contributed by atoms with Crippen molar-refractivity contribution in [2.45, 2.75) is 83.7 Å². The molecule has 19 heavy (non-hydrogen) atoms. The van der Waals surface area contributed by atoms with E-state index in [4.69, 9.17) is 5.73 Å². The van der Waals surface area contributed by atoms with Crippen molar-refractivity contribution >= 4 is 0 Å². The van der Waals surface area contributed by atoms with Gasteiger partial charge in [0.15, 0.2) is 0 Å². The Balaban J connectivity index is 3.05. The van der Waals surface area contributed by atoms with Gasteiger partial charge in [-0.05, 0) is 6.42 Å². The van der Waals surface area contributed by atoms with Gasteiger partial charge in [0.2, 0.25) is 0 Å². The Labute approximate surface area is 120 Å². The van der Waals surface area contributed by atoms with Gasteiger partial charge in [-0.15, -0.1) is 0 Å². The maximum Gasteiger partial charge on any atom is 0.0664 e. The molecule has 116 valence electrons. The second-order valence-corrected chi connectivity index (χ2v) is 5.62. The quantitative estimate of drug-likeness (QED) is 0.401. The highest BCUT2D eigenvalue weighted by atomic mass is 16.3. The Morgan fingerprint density at radius 3 is 1.95 bits per heavy atom. The van der Waals surface area contributed by atoms with Gasteiger partial charge in [-0.3, -0.25) is 0 Å². The molecule has 0 aromatic heterocycles. The van der Waals surface area contributed by atoms with Gasteiger partial charge in [0.1, 0.15) is 0 Å². The molecular formula is C16H36N2O. The summed E-state index contributed by atoms with van der Waals surface area (Å²) in [4.78, 5) is 0. The van der Waals surface area contributed by atoms with Crippen molar-refractivity contribution in [1.82, 2.24) is 5.32 Å². The highest BCUT2D eigenvalue weighted by Crippen LogP contribution is 2.11. The monoisotopic (exact) mass is 272 g/mol. The summed E-state index contributed by atoms with van der Waals surface area (Å²) in [6, 6.07) is 0. The van der Waals surface area contributed by atoms with E-state index in [1.54, 1.807) is 0 Å². The van der Waals surface area contributed by atoms with Crippen LogP contribution in [0.2, 0.25) is 0 Å². The summed E-state index contributed by atoms with van der Waals surface area (Å²) in [5.74, 6) is 0. The third kappa shape index (κ3) is 15.8. The van der Waals surface area contributed by atoms with Gasteiger partial charge in [-0.1, -0.05) is 71.1 Å². The lowest BCUT2D eigenvalue weighted by Gasteiger charge is -2.11. The first-order valence-corrected chi connectivity index (χ1v) is 8.40.